The second kappa shape index (κ2) is 8.57. The van der Waals surface area contributed by atoms with Crippen LogP contribution >= 0.6 is 0 Å². The number of carbonyl (C=O) groups is 1. The summed E-state index contributed by atoms with van der Waals surface area (Å²) in [6.07, 6.45) is 1.63. The minimum atomic E-state index is -0.769. The van der Waals surface area contributed by atoms with Gasteiger partial charge in [-0.3, -0.25) is 9.59 Å². The van der Waals surface area contributed by atoms with Crippen LogP contribution in [0.2, 0.25) is 0 Å². The number of fused-ring (bicyclic) bond motifs is 3. The van der Waals surface area contributed by atoms with Crippen LogP contribution in [-0.4, -0.2) is 24.2 Å². The fourth-order valence-corrected chi connectivity index (χ4v) is 4.67. The van der Waals surface area contributed by atoms with Crippen LogP contribution in [0.1, 0.15) is 33.3 Å². The van der Waals surface area contributed by atoms with Gasteiger partial charge in [0.2, 0.25) is 12.6 Å². The zero-order valence-electron chi connectivity index (χ0n) is 19.0. The van der Waals surface area contributed by atoms with Gasteiger partial charge in [-0.1, -0.05) is 30.9 Å². The van der Waals surface area contributed by atoms with Crippen molar-refractivity contribution in [2.75, 3.05) is 13.4 Å². The van der Waals surface area contributed by atoms with Gasteiger partial charge in [0, 0.05) is 6.54 Å². The molecule has 0 spiro atoms. The summed E-state index contributed by atoms with van der Waals surface area (Å²) < 4.78 is 36.5. The highest BCUT2D eigenvalue weighted by atomic mass is 19.1. The van der Waals surface area contributed by atoms with Crippen molar-refractivity contribution in [2.24, 2.45) is 0 Å². The van der Waals surface area contributed by atoms with Crippen molar-refractivity contribution < 1.29 is 27.8 Å². The first kappa shape index (κ1) is 21.9. The summed E-state index contributed by atoms with van der Waals surface area (Å²) in [6, 6.07) is 15.5. The van der Waals surface area contributed by atoms with Gasteiger partial charge in [-0.15, -0.1) is 0 Å². The molecule has 2 aliphatic heterocycles. The first-order valence-corrected chi connectivity index (χ1v) is 11.3. The lowest BCUT2D eigenvalue weighted by Gasteiger charge is -2.25. The first-order chi connectivity index (χ1) is 17.5. The molecule has 1 amide bonds. The third-order valence-electron chi connectivity index (χ3n) is 6.26. The molecule has 180 valence electrons. The number of hydrogen-bond donors (Lipinski definition) is 0. The standard InChI is InChI=1S/C28H20FNO6/c1-2-10-33-19-5-3-4-17(12-19)25-24-26(31)20-13-18(29)7-9-21(20)36-27(24)28(32)30(25)14-16-6-8-22-23(11-16)35-15-34-22/h2-9,11-13,25H,1,10,14-15H2/t25-/m0/s1. The van der Waals surface area contributed by atoms with E-state index in [9.17, 15) is 14.0 Å². The molecular formula is C28H20FNO6. The van der Waals surface area contributed by atoms with Crippen LogP contribution in [0.15, 0.2) is 82.5 Å². The zero-order chi connectivity index (χ0) is 24.8. The predicted octanol–water partition coefficient (Wildman–Crippen LogP) is 4.97. The van der Waals surface area contributed by atoms with Crippen LogP contribution in [0.25, 0.3) is 11.0 Å². The maximum absolute atomic E-state index is 14.0. The van der Waals surface area contributed by atoms with Gasteiger partial charge in [0.25, 0.3) is 5.91 Å². The molecule has 4 aromatic rings. The van der Waals surface area contributed by atoms with E-state index in [4.69, 9.17) is 18.6 Å². The fraction of sp³-hybridized carbons (Fsp3) is 0.143. The number of nitrogens with zero attached hydrogens (tertiary/aromatic N) is 1. The summed E-state index contributed by atoms with van der Waals surface area (Å²) in [5.74, 6) is 0.725. The van der Waals surface area contributed by atoms with Crippen LogP contribution in [0.5, 0.6) is 17.2 Å². The molecule has 3 aromatic carbocycles. The molecule has 1 atom stereocenters. The lowest BCUT2D eigenvalue weighted by molar-refractivity contribution is 0.0714. The summed E-state index contributed by atoms with van der Waals surface area (Å²) in [5, 5.41) is 0.0792. The molecule has 1 aromatic heterocycles. The third-order valence-corrected chi connectivity index (χ3v) is 6.26. The average Bonchev–Trinajstić information content (AvgIpc) is 3.46. The topological polar surface area (TPSA) is 78.2 Å². The largest absolute Gasteiger partial charge is 0.490 e. The molecule has 6 rings (SSSR count). The molecule has 0 radical (unpaired) electrons. The molecule has 0 saturated heterocycles. The van der Waals surface area contributed by atoms with E-state index in [1.165, 1.54) is 12.1 Å². The van der Waals surface area contributed by atoms with Gasteiger partial charge in [0.05, 0.1) is 17.0 Å². The van der Waals surface area contributed by atoms with Crippen molar-refractivity contribution in [3.05, 3.63) is 112 Å². The Morgan fingerprint density at radius 3 is 2.78 bits per heavy atom. The number of benzene rings is 3. The molecule has 36 heavy (non-hydrogen) atoms. The maximum atomic E-state index is 14.0. The average molecular weight is 485 g/mol. The highest BCUT2D eigenvalue weighted by molar-refractivity contribution is 5.99. The Bertz CT molecular complexity index is 1590. The highest BCUT2D eigenvalue weighted by Crippen LogP contribution is 2.41. The van der Waals surface area contributed by atoms with E-state index in [0.29, 0.717) is 29.4 Å². The monoisotopic (exact) mass is 485 g/mol. The van der Waals surface area contributed by atoms with Crippen molar-refractivity contribution >= 4 is 16.9 Å². The number of amides is 1. The maximum Gasteiger partial charge on any atom is 0.291 e. The smallest absolute Gasteiger partial charge is 0.291 e. The Morgan fingerprint density at radius 2 is 1.92 bits per heavy atom. The van der Waals surface area contributed by atoms with Crippen LogP contribution < -0.4 is 19.6 Å². The quantitative estimate of drug-likeness (QED) is 0.359. The van der Waals surface area contributed by atoms with Crippen molar-refractivity contribution in [3.63, 3.8) is 0 Å². The first-order valence-electron chi connectivity index (χ1n) is 11.3. The predicted molar refractivity (Wildman–Crippen MR) is 129 cm³/mol. The Balaban J connectivity index is 1.50. The lowest BCUT2D eigenvalue weighted by atomic mass is 9.98. The highest BCUT2D eigenvalue weighted by Gasteiger charge is 2.43. The molecule has 8 heteroatoms. The van der Waals surface area contributed by atoms with E-state index < -0.39 is 23.2 Å². The summed E-state index contributed by atoms with van der Waals surface area (Å²) in [5.41, 5.74) is 1.31. The van der Waals surface area contributed by atoms with Crippen LogP contribution in [0, 0.1) is 5.82 Å². The molecule has 0 unspecified atom stereocenters. The van der Waals surface area contributed by atoms with E-state index in [2.05, 4.69) is 6.58 Å². The Morgan fingerprint density at radius 1 is 1.06 bits per heavy atom. The normalized spacial score (nSPS) is 15.9. The van der Waals surface area contributed by atoms with Crippen LogP contribution in [0.4, 0.5) is 4.39 Å². The van der Waals surface area contributed by atoms with Crippen LogP contribution in [-0.2, 0) is 6.54 Å². The number of carbonyl (C=O) groups excluding carboxylic acids is 1. The van der Waals surface area contributed by atoms with E-state index in [-0.39, 0.29) is 35.6 Å². The van der Waals surface area contributed by atoms with Gasteiger partial charge < -0.3 is 23.5 Å². The summed E-state index contributed by atoms with van der Waals surface area (Å²) in [4.78, 5) is 28.8. The van der Waals surface area contributed by atoms with Gasteiger partial charge in [0.15, 0.2) is 16.9 Å². The molecule has 3 heterocycles. The van der Waals surface area contributed by atoms with Gasteiger partial charge in [-0.2, -0.15) is 0 Å². The third kappa shape index (κ3) is 3.58. The van der Waals surface area contributed by atoms with E-state index >= 15 is 0 Å². The lowest BCUT2D eigenvalue weighted by Crippen LogP contribution is -2.29. The Kier molecular flexibility index (Phi) is 5.21. The second-order valence-electron chi connectivity index (χ2n) is 8.51. The van der Waals surface area contributed by atoms with Crippen molar-refractivity contribution in [2.45, 2.75) is 12.6 Å². The Hall–Kier alpha value is -4.59. The number of rotatable bonds is 6. The van der Waals surface area contributed by atoms with Crippen LogP contribution in [0.3, 0.4) is 0 Å². The molecule has 0 saturated carbocycles. The zero-order valence-corrected chi connectivity index (χ0v) is 19.0. The molecule has 0 fully saturated rings. The minimum Gasteiger partial charge on any atom is -0.490 e. The minimum absolute atomic E-state index is 0.0535. The van der Waals surface area contributed by atoms with E-state index in [1.807, 2.05) is 12.1 Å². The molecule has 0 N–H and O–H groups in total. The fourth-order valence-electron chi connectivity index (χ4n) is 4.67. The van der Waals surface area contributed by atoms with Crippen molar-refractivity contribution in [1.29, 1.82) is 0 Å². The molecule has 2 aliphatic rings. The summed E-state index contributed by atoms with van der Waals surface area (Å²) in [6.45, 7) is 4.27. The Labute approximate surface area is 204 Å². The van der Waals surface area contributed by atoms with Gasteiger partial charge in [0.1, 0.15) is 23.8 Å². The van der Waals surface area contributed by atoms with Crippen molar-refractivity contribution in [3.8, 4) is 17.2 Å². The summed E-state index contributed by atoms with van der Waals surface area (Å²) in [7, 11) is 0. The number of halogens is 1. The van der Waals surface area contributed by atoms with Crippen molar-refractivity contribution in [1.82, 2.24) is 4.90 Å². The van der Waals surface area contributed by atoms with Gasteiger partial charge >= 0.3 is 0 Å². The van der Waals surface area contributed by atoms with E-state index in [1.54, 1.807) is 41.3 Å². The number of hydrogen-bond acceptors (Lipinski definition) is 6. The molecular weight excluding hydrogens is 465 g/mol. The molecule has 0 aliphatic carbocycles. The second-order valence-corrected chi connectivity index (χ2v) is 8.51. The van der Waals surface area contributed by atoms with Gasteiger partial charge in [-0.25, -0.2) is 4.39 Å². The molecule has 7 nitrogen and oxygen atoms in total. The molecule has 0 bridgehead atoms. The number of ether oxygens (including phenoxy) is 3. The van der Waals surface area contributed by atoms with E-state index in [0.717, 1.165) is 11.6 Å². The SMILES string of the molecule is C=CCOc1cccc([C@H]2c3c(oc4ccc(F)cc4c3=O)C(=O)N2Cc2ccc3c(c2)OCO3)c1. The summed E-state index contributed by atoms with van der Waals surface area (Å²) >= 11 is 0. The van der Waals surface area contributed by atoms with Gasteiger partial charge in [-0.05, 0) is 53.6 Å².